The van der Waals surface area contributed by atoms with Crippen molar-refractivity contribution in [2.45, 2.75) is 26.4 Å². The molecule has 29 heavy (non-hydrogen) atoms. The first-order valence-corrected chi connectivity index (χ1v) is 10.8. The average molecular weight is 419 g/mol. The van der Waals surface area contributed by atoms with Crippen LogP contribution >= 0.6 is 0 Å². The molecular weight excluding hydrogens is 392 g/mol. The van der Waals surface area contributed by atoms with Crippen molar-refractivity contribution in [3.05, 3.63) is 59.4 Å². The molecule has 156 valence electrons. The highest BCUT2D eigenvalue weighted by atomic mass is 32.2. The predicted octanol–water partition coefficient (Wildman–Crippen LogP) is 1.72. The molecule has 1 fully saturated rings. The third-order valence-corrected chi connectivity index (χ3v) is 6.66. The van der Waals surface area contributed by atoms with Gasteiger partial charge in [0.25, 0.3) is 0 Å². The Balaban J connectivity index is 1.94. The second kappa shape index (κ2) is 8.89. The lowest BCUT2D eigenvalue weighted by Gasteiger charge is -2.36. The fourth-order valence-corrected chi connectivity index (χ4v) is 4.93. The first-order valence-electron chi connectivity index (χ1n) is 9.42. The monoisotopic (exact) mass is 418 g/mol. The normalized spacial score (nSPS) is 17.7. The number of ether oxygens (including phenoxy) is 1. The van der Waals surface area contributed by atoms with Crippen LogP contribution in [0.4, 0.5) is 5.69 Å². The summed E-state index contributed by atoms with van der Waals surface area (Å²) >= 11 is 0. The van der Waals surface area contributed by atoms with Crippen molar-refractivity contribution in [1.29, 1.82) is 0 Å². The molecule has 2 aromatic rings. The zero-order valence-electron chi connectivity index (χ0n) is 16.8. The van der Waals surface area contributed by atoms with Gasteiger partial charge in [-0.15, -0.1) is 0 Å². The zero-order chi connectivity index (χ0) is 21.0. The van der Waals surface area contributed by atoms with Crippen molar-refractivity contribution in [2.24, 2.45) is 0 Å². The second-order valence-electron chi connectivity index (χ2n) is 7.10. The van der Waals surface area contributed by atoms with Gasteiger partial charge >= 0.3 is 16.2 Å². The topological polar surface area (TPSA) is 91.8 Å². The third-order valence-electron chi connectivity index (χ3n) is 4.78. The van der Waals surface area contributed by atoms with Crippen LogP contribution in [0, 0.1) is 6.92 Å². The van der Waals surface area contributed by atoms with E-state index in [-0.39, 0.29) is 12.6 Å². The molecule has 1 aliphatic rings. The van der Waals surface area contributed by atoms with Crippen LogP contribution in [0.5, 0.6) is 0 Å². The number of piperazine rings is 1. The van der Waals surface area contributed by atoms with Gasteiger partial charge in [0.15, 0.2) is 0 Å². The van der Waals surface area contributed by atoms with Gasteiger partial charge in [-0.3, -0.25) is 9.29 Å². The molecule has 1 N–H and O–H groups in total. The van der Waals surface area contributed by atoms with Crippen LogP contribution in [0.1, 0.15) is 28.5 Å². The number of hydrogen-bond acceptors (Lipinski definition) is 6. The highest BCUT2D eigenvalue weighted by molar-refractivity contribution is 7.90. The summed E-state index contributed by atoms with van der Waals surface area (Å²) < 4.78 is 34.5. The minimum Gasteiger partial charge on any atom is -0.465 e. The molecule has 0 amide bonds. The first kappa shape index (κ1) is 21.2. The van der Waals surface area contributed by atoms with Crippen LogP contribution in [-0.2, 0) is 21.5 Å². The number of carbonyl (C=O) groups excluding carboxylic acids is 1. The van der Waals surface area contributed by atoms with Crippen LogP contribution in [0.3, 0.4) is 0 Å². The van der Waals surface area contributed by atoms with Gasteiger partial charge in [0, 0.05) is 31.9 Å². The van der Waals surface area contributed by atoms with Gasteiger partial charge in [0.05, 0.1) is 30.6 Å². The van der Waals surface area contributed by atoms with E-state index >= 15 is 0 Å². The minimum atomic E-state index is -3.76. The molecule has 3 rings (SSSR count). The number of rotatable bonds is 6. The fraction of sp³-hybridized carbons (Fsp3) is 0.400. The summed E-state index contributed by atoms with van der Waals surface area (Å²) in [5.74, 6) is -0.484. The van der Waals surface area contributed by atoms with Gasteiger partial charge in [-0.05, 0) is 43.7 Å². The Bertz CT molecular complexity index is 963. The largest absolute Gasteiger partial charge is 0.465 e. The summed E-state index contributed by atoms with van der Waals surface area (Å²) in [5, 5.41) is 3.26. The molecule has 1 aromatic carbocycles. The van der Waals surface area contributed by atoms with E-state index in [0.717, 1.165) is 5.56 Å². The van der Waals surface area contributed by atoms with E-state index in [4.69, 9.17) is 0 Å². The maximum atomic E-state index is 13.5. The standard InChI is InChI=1S/C20H26N4O4S/c1-15-5-4-6-19(11-15)24(29(26,27)23-10-9-21-16(2)13-23)14-18-8-7-17(12-22-18)20(25)28-3/h4-8,11-12,16,21H,9-10,13-14H2,1-3H3/t16-/m0/s1. The number of pyridine rings is 1. The van der Waals surface area contributed by atoms with E-state index in [0.29, 0.717) is 36.6 Å². The Labute approximate surface area is 171 Å². The number of methoxy groups -OCH3 is 1. The van der Waals surface area contributed by atoms with Crippen molar-refractivity contribution in [2.75, 3.05) is 31.0 Å². The maximum absolute atomic E-state index is 13.5. The number of benzene rings is 1. The van der Waals surface area contributed by atoms with Crippen molar-refractivity contribution < 1.29 is 17.9 Å². The number of nitrogens with zero attached hydrogens (tertiary/aromatic N) is 3. The highest BCUT2D eigenvalue weighted by Gasteiger charge is 2.33. The lowest BCUT2D eigenvalue weighted by Crippen LogP contribution is -2.55. The Morgan fingerprint density at radius 1 is 1.34 bits per heavy atom. The number of nitrogens with one attached hydrogen (secondary N) is 1. The van der Waals surface area contributed by atoms with E-state index in [2.05, 4.69) is 15.0 Å². The molecule has 0 bridgehead atoms. The lowest BCUT2D eigenvalue weighted by atomic mass is 10.2. The highest BCUT2D eigenvalue weighted by Crippen LogP contribution is 2.24. The summed E-state index contributed by atoms with van der Waals surface area (Å²) in [6, 6.07) is 10.7. The molecule has 2 heterocycles. The van der Waals surface area contributed by atoms with Crippen molar-refractivity contribution in [3.8, 4) is 0 Å². The lowest BCUT2D eigenvalue weighted by molar-refractivity contribution is 0.0600. The molecule has 9 heteroatoms. The minimum absolute atomic E-state index is 0.0611. The quantitative estimate of drug-likeness (QED) is 0.719. The van der Waals surface area contributed by atoms with Crippen molar-refractivity contribution in [3.63, 3.8) is 0 Å². The Kier molecular flexibility index (Phi) is 6.51. The van der Waals surface area contributed by atoms with Crippen LogP contribution in [0.15, 0.2) is 42.6 Å². The molecular formula is C20H26N4O4S. The van der Waals surface area contributed by atoms with Gasteiger partial charge in [-0.25, -0.2) is 4.79 Å². The van der Waals surface area contributed by atoms with E-state index in [1.54, 1.807) is 18.2 Å². The summed E-state index contributed by atoms with van der Waals surface area (Å²) in [6.07, 6.45) is 1.40. The smallest absolute Gasteiger partial charge is 0.339 e. The summed E-state index contributed by atoms with van der Waals surface area (Å²) in [4.78, 5) is 15.9. The zero-order valence-corrected chi connectivity index (χ0v) is 17.6. The van der Waals surface area contributed by atoms with Gasteiger partial charge in [0.1, 0.15) is 0 Å². The van der Waals surface area contributed by atoms with Crippen LogP contribution in [0.25, 0.3) is 0 Å². The summed E-state index contributed by atoms with van der Waals surface area (Å²) in [5.41, 5.74) is 2.39. The summed E-state index contributed by atoms with van der Waals surface area (Å²) in [7, 11) is -2.46. The van der Waals surface area contributed by atoms with Gasteiger partial charge in [-0.2, -0.15) is 12.7 Å². The molecule has 1 saturated heterocycles. The number of carbonyl (C=O) groups is 1. The fourth-order valence-electron chi connectivity index (χ4n) is 3.24. The van der Waals surface area contributed by atoms with Crippen LogP contribution in [0.2, 0.25) is 0 Å². The Morgan fingerprint density at radius 3 is 2.76 bits per heavy atom. The molecule has 0 spiro atoms. The number of aryl methyl sites for hydroxylation is 1. The van der Waals surface area contributed by atoms with Crippen molar-refractivity contribution >= 4 is 21.9 Å². The Hall–Kier alpha value is -2.49. The predicted molar refractivity (Wildman–Crippen MR) is 111 cm³/mol. The van der Waals surface area contributed by atoms with Crippen molar-refractivity contribution in [1.82, 2.24) is 14.6 Å². The molecule has 1 aromatic heterocycles. The van der Waals surface area contributed by atoms with E-state index in [1.807, 2.05) is 32.0 Å². The molecule has 0 aliphatic carbocycles. The number of esters is 1. The molecule has 1 atom stereocenters. The number of anilines is 1. The SMILES string of the molecule is COC(=O)c1ccc(CN(c2cccc(C)c2)S(=O)(=O)N2CCN[C@@H](C)C2)nc1. The van der Waals surface area contributed by atoms with E-state index < -0.39 is 16.2 Å². The number of hydrogen-bond donors (Lipinski definition) is 1. The first-order chi connectivity index (χ1) is 13.8. The molecule has 0 unspecified atom stereocenters. The molecule has 1 aliphatic heterocycles. The maximum Gasteiger partial charge on any atom is 0.339 e. The van der Waals surface area contributed by atoms with E-state index in [9.17, 15) is 13.2 Å². The molecule has 0 radical (unpaired) electrons. The Morgan fingerprint density at radius 2 is 2.14 bits per heavy atom. The van der Waals surface area contributed by atoms with Gasteiger partial charge in [0.2, 0.25) is 0 Å². The van der Waals surface area contributed by atoms with Gasteiger partial charge in [-0.1, -0.05) is 12.1 Å². The molecule has 0 saturated carbocycles. The average Bonchev–Trinajstić information content (AvgIpc) is 2.71. The molecule has 8 nitrogen and oxygen atoms in total. The second-order valence-corrected chi connectivity index (χ2v) is 8.95. The van der Waals surface area contributed by atoms with Gasteiger partial charge < -0.3 is 10.1 Å². The number of aromatic nitrogens is 1. The summed E-state index contributed by atoms with van der Waals surface area (Å²) in [6.45, 7) is 5.36. The van der Waals surface area contributed by atoms with Crippen LogP contribution < -0.4 is 9.62 Å². The third kappa shape index (κ3) is 4.92. The van der Waals surface area contributed by atoms with E-state index in [1.165, 1.54) is 21.9 Å². The van der Waals surface area contributed by atoms with Crippen LogP contribution in [-0.4, -0.2) is 56.5 Å².